The molecule has 0 aliphatic carbocycles. The maximum atomic E-state index is 8.56. The van der Waals surface area contributed by atoms with E-state index in [1.54, 1.807) is 0 Å². The molecule has 0 radical (unpaired) electrons. The summed E-state index contributed by atoms with van der Waals surface area (Å²) in [7, 11) is 0. The molecule has 0 aromatic rings. The molecule has 8 heteroatoms. The van der Waals surface area contributed by atoms with Crippen LogP contribution in [-0.4, -0.2) is 164 Å². The molecule has 0 fully saturated rings. The van der Waals surface area contributed by atoms with E-state index < -0.39 is 6.16 Å². The first-order valence-electron chi connectivity index (χ1n) is 0.651. The Morgan fingerprint density at radius 2 is 0.778 bits per heavy atom. The van der Waals surface area contributed by atoms with Crippen molar-refractivity contribution in [2.24, 2.45) is 0 Å². The molecule has 0 aromatic carbocycles. The Morgan fingerprint density at radius 1 is 0.778 bits per heavy atom. The first-order chi connectivity index (χ1) is 1.73. The third-order valence-corrected chi connectivity index (χ3v) is 0. The summed E-state index contributed by atoms with van der Waals surface area (Å²) in [6.07, 6.45) is -1.83. The van der Waals surface area contributed by atoms with Crippen LogP contribution in [-0.2, 0) is 0 Å². The van der Waals surface area contributed by atoms with E-state index in [9.17, 15) is 0 Å². The van der Waals surface area contributed by atoms with Crippen molar-refractivity contribution in [2.75, 3.05) is 0 Å². The topological polar surface area (TPSA) is 57.5 Å². The number of hydrogen-bond acceptors (Lipinski definition) is 1. The third-order valence-electron chi connectivity index (χ3n) is 0. The first kappa shape index (κ1) is 37.8. The second-order valence-electron chi connectivity index (χ2n) is 0.283. The van der Waals surface area contributed by atoms with Gasteiger partial charge in [-0.3, -0.25) is 0 Å². The molecule has 0 heterocycles. The summed E-state index contributed by atoms with van der Waals surface area (Å²) in [5.74, 6) is 0. The fourth-order valence-electron chi connectivity index (χ4n) is 0. The minimum atomic E-state index is -1.83. The second kappa shape index (κ2) is 29.5. The van der Waals surface area contributed by atoms with Crippen LogP contribution in [0.2, 0.25) is 0 Å². The molecule has 9 heavy (non-hydrogen) atoms. The van der Waals surface area contributed by atoms with Crippen LogP contribution in [0.3, 0.4) is 0 Å². The molecular weight excluding hydrogens is 175 g/mol. The molecule has 34 valence electrons. The van der Waals surface area contributed by atoms with E-state index in [0.29, 0.717) is 0 Å². The summed E-state index contributed by atoms with van der Waals surface area (Å²) in [5, 5.41) is 13.9. The van der Waals surface area contributed by atoms with Gasteiger partial charge in [-0.15, -0.1) is 0 Å². The summed E-state index contributed by atoms with van der Waals surface area (Å²) in [6.45, 7) is 0. The van der Waals surface area contributed by atoms with Crippen molar-refractivity contribution < 1.29 is 15.0 Å². The van der Waals surface area contributed by atoms with Crippen molar-refractivity contribution in [3.63, 3.8) is 0 Å². The zero-order valence-electron chi connectivity index (χ0n) is 1.80. The summed E-state index contributed by atoms with van der Waals surface area (Å²) in [4.78, 5) is 8.56. The van der Waals surface area contributed by atoms with E-state index in [-0.39, 0.29) is 148 Å². The summed E-state index contributed by atoms with van der Waals surface area (Å²) >= 11 is 0. The van der Waals surface area contributed by atoms with Crippen LogP contribution in [0, 0.1) is 0 Å². The van der Waals surface area contributed by atoms with Crippen LogP contribution in [0.4, 0.5) is 4.79 Å². The van der Waals surface area contributed by atoms with Crippen molar-refractivity contribution in [1.29, 1.82) is 0 Å². The molecule has 0 aromatic heterocycles. The quantitative estimate of drug-likeness (QED) is 0.392. The number of hydrogen-bond donors (Lipinski definition) is 2. The Labute approximate surface area is 165 Å². The molecule has 0 bridgehead atoms. The minimum absolute atomic E-state index is 0. The van der Waals surface area contributed by atoms with Crippen molar-refractivity contribution in [3.05, 3.63) is 0 Å². The van der Waals surface area contributed by atoms with Gasteiger partial charge in [0.1, 0.15) is 0 Å². The van der Waals surface area contributed by atoms with Crippen LogP contribution >= 0.6 is 0 Å². The average molecular weight is 182 g/mol. The Bertz CT molecular complexity index is 35.2. The molecule has 0 atom stereocenters. The van der Waals surface area contributed by atoms with Gasteiger partial charge in [-0.2, -0.15) is 0 Å². The Balaban J connectivity index is -0.00000000450. The fraction of sp³-hybridized carbons (Fsp3) is 0. The Morgan fingerprint density at radius 3 is 0.778 bits per heavy atom. The van der Waals surface area contributed by atoms with Crippen LogP contribution in [0.15, 0.2) is 0 Å². The van der Waals surface area contributed by atoms with E-state index in [0.717, 1.165) is 0 Å². The summed E-state index contributed by atoms with van der Waals surface area (Å²) in [5.41, 5.74) is 0. The van der Waals surface area contributed by atoms with E-state index in [1.165, 1.54) is 0 Å². The van der Waals surface area contributed by atoms with Gasteiger partial charge in [0.2, 0.25) is 0 Å². The third kappa shape index (κ3) is 71.0. The molecule has 3 nitrogen and oxygen atoms in total. The zero-order valence-corrected chi connectivity index (χ0v) is 1.80. The molecule has 0 amide bonds. The van der Waals surface area contributed by atoms with Crippen LogP contribution in [0.1, 0.15) is 0 Å². The second-order valence-corrected chi connectivity index (χ2v) is 0.283. The maximum absolute atomic E-state index is 8.56. The van der Waals surface area contributed by atoms with E-state index in [2.05, 4.69) is 0 Å². The van der Waals surface area contributed by atoms with Gasteiger partial charge < -0.3 is 10.2 Å². The van der Waals surface area contributed by atoms with Gasteiger partial charge in [0.15, 0.2) is 0 Å². The molecule has 0 spiro atoms. The van der Waals surface area contributed by atoms with Crippen molar-refractivity contribution >= 4 is 154 Å². The standard InChI is InChI=1S/CH2O3.5Na.5H/c2-1(3)4;;;;;;;;;;/h(H2,2,3,4);;;;;;;;;;. The molecular formula is CH7Na5O3. The van der Waals surface area contributed by atoms with Crippen molar-refractivity contribution in [2.45, 2.75) is 0 Å². The molecule has 0 aliphatic heterocycles. The van der Waals surface area contributed by atoms with Crippen LogP contribution in [0.5, 0.6) is 0 Å². The zero-order chi connectivity index (χ0) is 3.58. The van der Waals surface area contributed by atoms with Crippen molar-refractivity contribution in [3.8, 4) is 0 Å². The number of rotatable bonds is 0. The van der Waals surface area contributed by atoms with Gasteiger partial charge in [0.25, 0.3) is 0 Å². The predicted octanol–water partition coefficient (Wildman–Crippen LogP) is -3.02. The fourth-order valence-corrected chi connectivity index (χ4v) is 0. The van der Waals surface area contributed by atoms with Crippen molar-refractivity contribution in [1.82, 2.24) is 0 Å². The SMILES string of the molecule is O=C(O)O.[NaH].[NaH].[NaH].[NaH].[NaH]. The molecule has 0 unspecified atom stereocenters. The Kier molecular flexibility index (Phi) is 124. The summed E-state index contributed by atoms with van der Waals surface area (Å²) in [6, 6.07) is 0. The monoisotopic (exact) mass is 182 g/mol. The van der Waals surface area contributed by atoms with Crippen LogP contribution in [0.25, 0.3) is 0 Å². The molecule has 0 rings (SSSR count). The van der Waals surface area contributed by atoms with E-state index in [4.69, 9.17) is 15.0 Å². The first-order valence-corrected chi connectivity index (χ1v) is 0.651. The molecule has 0 aliphatic rings. The predicted molar refractivity (Wildman–Crippen MR) is 46.4 cm³/mol. The van der Waals surface area contributed by atoms with E-state index in [1.807, 2.05) is 0 Å². The molecule has 2 N–H and O–H groups in total. The molecule has 0 saturated heterocycles. The van der Waals surface area contributed by atoms with Crippen LogP contribution < -0.4 is 0 Å². The van der Waals surface area contributed by atoms with Gasteiger partial charge in [-0.25, -0.2) is 4.79 Å². The van der Waals surface area contributed by atoms with Gasteiger partial charge in [-0.1, -0.05) is 0 Å². The van der Waals surface area contributed by atoms with Gasteiger partial charge in [-0.05, 0) is 0 Å². The van der Waals surface area contributed by atoms with Gasteiger partial charge in [0, 0.05) is 0 Å². The number of carboxylic acid groups (broad SMARTS) is 2. The molecule has 0 saturated carbocycles. The van der Waals surface area contributed by atoms with Gasteiger partial charge in [0.05, 0.1) is 0 Å². The summed E-state index contributed by atoms with van der Waals surface area (Å²) < 4.78 is 0. The normalized spacial score (nSPS) is 2.67. The average Bonchev–Trinajstić information content (AvgIpc) is 0.811. The van der Waals surface area contributed by atoms with Gasteiger partial charge >= 0.3 is 154 Å². The Hall–Kier alpha value is 4.27. The van der Waals surface area contributed by atoms with E-state index >= 15 is 0 Å². The number of carbonyl (C=O) groups is 1.